The van der Waals surface area contributed by atoms with Crippen molar-refractivity contribution in [3.05, 3.63) is 58.1 Å². The smallest absolute Gasteiger partial charge is 0.257 e. The number of carbonyl (C=O) groups is 1. The molecule has 3 nitrogen and oxygen atoms in total. The normalized spacial score (nSPS) is 10.1. The zero-order valence-electron chi connectivity index (χ0n) is 9.28. The number of anilines is 2. The van der Waals surface area contributed by atoms with Crippen molar-refractivity contribution in [3.8, 4) is 0 Å². The number of rotatable bonds is 2. The summed E-state index contributed by atoms with van der Waals surface area (Å²) in [6, 6.07) is 11.7. The molecule has 0 spiro atoms. The van der Waals surface area contributed by atoms with Gasteiger partial charge in [0.05, 0.1) is 21.3 Å². The molecule has 0 aliphatic rings. The first kappa shape index (κ1) is 12.7. The van der Waals surface area contributed by atoms with Crippen LogP contribution in [-0.2, 0) is 0 Å². The third-order valence-electron chi connectivity index (χ3n) is 2.38. The van der Waals surface area contributed by atoms with E-state index in [9.17, 15) is 4.79 Å². The van der Waals surface area contributed by atoms with Gasteiger partial charge in [-0.15, -0.1) is 0 Å². The Morgan fingerprint density at radius 1 is 1.06 bits per heavy atom. The number of nitrogens with two attached hydrogens (primary N) is 1. The van der Waals surface area contributed by atoms with Gasteiger partial charge < -0.3 is 11.1 Å². The van der Waals surface area contributed by atoms with Crippen LogP contribution in [0.15, 0.2) is 42.5 Å². The molecule has 0 radical (unpaired) electrons. The van der Waals surface area contributed by atoms with Gasteiger partial charge in [0, 0.05) is 5.69 Å². The Balaban J connectivity index is 2.22. The minimum absolute atomic E-state index is 0.290. The molecule has 2 rings (SSSR count). The topological polar surface area (TPSA) is 55.1 Å². The van der Waals surface area contributed by atoms with Crippen LogP contribution in [0, 0.1) is 0 Å². The van der Waals surface area contributed by atoms with E-state index in [1.165, 1.54) is 0 Å². The van der Waals surface area contributed by atoms with Gasteiger partial charge in [-0.3, -0.25) is 4.79 Å². The second-order valence-electron chi connectivity index (χ2n) is 3.67. The lowest BCUT2D eigenvalue weighted by Crippen LogP contribution is -2.12. The van der Waals surface area contributed by atoms with Crippen LogP contribution >= 0.6 is 23.2 Å². The molecule has 0 unspecified atom stereocenters. The molecule has 0 aliphatic carbocycles. The molecule has 92 valence electrons. The largest absolute Gasteiger partial charge is 0.398 e. The molecule has 1 amide bonds. The molecule has 0 saturated carbocycles. The van der Waals surface area contributed by atoms with Crippen molar-refractivity contribution in [2.24, 2.45) is 0 Å². The summed E-state index contributed by atoms with van der Waals surface area (Å²) >= 11 is 11.8. The third kappa shape index (κ3) is 2.75. The summed E-state index contributed by atoms with van der Waals surface area (Å²) < 4.78 is 0. The maximum atomic E-state index is 12.0. The molecule has 3 N–H and O–H groups in total. The van der Waals surface area contributed by atoms with E-state index in [1.54, 1.807) is 42.5 Å². The minimum Gasteiger partial charge on any atom is -0.398 e. The molecule has 0 bridgehead atoms. The highest BCUT2D eigenvalue weighted by atomic mass is 35.5. The first-order valence-corrected chi connectivity index (χ1v) is 5.94. The number of halogens is 2. The summed E-state index contributed by atoms with van der Waals surface area (Å²) in [5.41, 5.74) is 7.03. The van der Waals surface area contributed by atoms with E-state index < -0.39 is 0 Å². The number of carbonyl (C=O) groups excluding carboxylic acids is 1. The number of nitrogen functional groups attached to an aromatic ring is 1. The van der Waals surface area contributed by atoms with Gasteiger partial charge in [0.15, 0.2) is 0 Å². The maximum absolute atomic E-state index is 12.0. The van der Waals surface area contributed by atoms with Gasteiger partial charge >= 0.3 is 0 Å². The van der Waals surface area contributed by atoms with Crippen molar-refractivity contribution >= 4 is 40.5 Å². The molecule has 0 atom stereocenters. The fourth-order valence-corrected chi connectivity index (χ4v) is 1.85. The zero-order chi connectivity index (χ0) is 13.1. The minimum atomic E-state index is -0.290. The Labute approximate surface area is 115 Å². The number of amides is 1. The average Bonchev–Trinajstić information content (AvgIpc) is 2.34. The van der Waals surface area contributed by atoms with E-state index in [2.05, 4.69) is 5.32 Å². The van der Waals surface area contributed by atoms with Gasteiger partial charge in [-0.25, -0.2) is 0 Å². The Morgan fingerprint density at radius 2 is 1.78 bits per heavy atom. The van der Waals surface area contributed by atoms with Crippen LogP contribution in [0.4, 0.5) is 11.4 Å². The standard InChI is InChI=1S/C13H10Cl2N2O/c14-10-4-2-1-3-9(10)13(18)17-8-5-6-12(16)11(15)7-8/h1-7H,16H2,(H,17,18). The van der Waals surface area contributed by atoms with Crippen molar-refractivity contribution in [1.82, 2.24) is 0 Å². The lowest BCUT2D eigenvalue weighted by molar-refractivity contribution is 0.102. The van der Waals surface area contributed by atoms with Crippen LogP contribution in [0.2, 0.25) is 10.0 Å². The second-order valence-corrected chi connectivity index (χ2v) is 4.48. The van der Waals surface area contributed by atoms with Gasteiger partial charge in [-0.2, -0.15) is 0 Å². The predicted molar refractivity (Wildman–Crippen MR) is 75.3 cm³/mol. The molecule has 2 aromatic rings. The Hall–Kier alpha value is -1.71. The highest BCUT2D eigenvalue weighted by molar-refractivity contribution is 6.35. The van der Waals surface area contributed by atoms with Crippen molar-refractivity contribution in [2.45, 2.75) is 0 Å². The highest BCUT2D eigenvalue weighted by Crippen LogP contribution is 2.23. The number of hydrogen-bond donors (Lipinski definition) is 2. The highest BCUT2D eigenvalue weighted by Gasteiger charge is 2.10. The molecule has 0 aliphatic heterocycles. The van der Waals surface area contributed by atoms with E-state index in [-0.39, 0.29) is 5.91 Å². The fraction of sp³-hybridized carbons (Fsp3) is 0. The Morgan fingerprint density at radius 3 is 2.44 bits per heavy atom. The van der Waals surface area contributed by atoms with Gasteiger partial charge in [-0.1, -0.05) is 35.3 Å². The van der Waals surface area contributed by atoms with Gasteiger partial charge in [-0.05, 0) is 30.3 Å². The summed E-state index contributed by atoms with van der Waals surface area (Å²) in [5.74, 6) is -0.290. The van der Waals surface area contributed by atoms with Crippen molar-refractivity contribution in [1.29, 1.82) is 0 Å². The molecular weight excluding hydrogens is 271 g/mol. The molecule has 0 saturated heterocycles. The maximum Gasteiger partial charge on any atom is 0.257 e. The molecule has 0 aromatic heterocycles. The van der Waals surface area contributed by atoms with Crippen LogP contribution < -0.4 is 11.1 Å². The average molecular weight is 281 g/mol. The van der Waals surface area contributed by atoms with Crippen LogP contribution in [-0.4, -0.2) is 5.91 Å². The summed E-state index contributed by atoms with van der Waals surface area (Å²) in [6.45, 7) is 0. The lowest BCUT2D eigenvalue weighted by atomic mass is 10.2. The van der Waals surface area contributed by atoms with Gasteiger partial charge in [0.25, 0.3) is 5.91 Å². The molecule has 0 fully saturated rings. The monoisotopic (exact) mass is 280 g/mol. The summed E-state index contributed by atoms with van der Waals surface area (Å²) in [5, 5.41) is 3.50. The fourth-order valence-electron chi connectivity index (χ4n) is 1.45. The summed E-state index contributed by atoms with van der Waals surface area (Å²) in [7, 11) is 0. The molecule has 5 heteroatoms. The number of nitrogens with one attached hydrogen (secondary N) is 1. The van der Waals surface area contributed by atoms with Crippen LogP contribution in [0.1, 0.15) is 10.4 Å². The van der Waals surface area contributed by atoms with E-state index in [0.29, 0.717) is 27.0 Å². The summed E-state index contributed by atoms with van der Waals surface area (Å²) in [4.78, 5) is 12.0. The third-order valence-corrected chi connectivity index (χ3v) is 3.03. The molecule has 0 heterocycles. The van der Waals surface area contributed by atoms with Crippen LogP contribution in [0.5, 0.6) is 0 Å². The number of hydrogen-bond acceptors (Lipinski definition) is 2. The second kappa shape index (κ2) is 5.29. The van der Waals surface area contributed by atoms with Crippen molar-refractivity contribution < 1.29 is 4.79 Å². The Kier molecular flexibility index (Phi) is 3.75. The molecule has 18 heavy (non-hydrogen) atoms. The van der Waals surface area contributed by atoms with Gasteiger partial charge in [0.2, 0.25) is 0 Å². The summed E-state index contributed by atoms with van der Waals surface area (Å²) in [6.07, 6.45) is 0. The van der Waals surface area contributed by atoms with E-state index >= 15 is 0 Å². The molecular formula is C13H10Cl2N2O. The molecule has 2 aromatic carbocycles. The lowest BCUT2D eigenvalue weighted by Gasteiger charge is -2.07. The van der Waals surface area contributed by atoms with Gasteiger partial charge in [0.1, 0.15) is 0 Å². The Bertz CT molecular complexity index is 599. The zero-order valence-corrected chi connectivity index (χ0v) is 10.8. The van der Waals surface area contributed by atoms with Crippen LogP contribution in [0.25, 0.3) is 0 Å². The predicted octanol–water partition coefficient (Wildman–Crippen LogP) is 3.83. The van der Waals surface area contributed by atoms with Crippen molar-refractivity contribution in [3.63, 3.8) is 0 Å². The SMILES string of the molecule is Nc1ccc(NC(=O)c2ccccc2Cl)cc1Cl. The quantitative estimate of drug-likeness (QED) is 0.822. The van der Waals surface area contributed by atoms with Crippen LogP contribution in [0.3, 0.4) is 0 Å². The van der Waals surface area contributed by atoms with E-state index in [0.717, 1.165) is 0 Å². The van der Waals surface area contributed by atoms with E-state index in [4.69, 9.17) is 28.9 Å². The van der Waals surface area contributed by atoms with Crippen molar-refractivity contribution in [2.75, 3.05) is 11.1 Å². The first-order valence-electron chi connectivity index (χ1n) is 5.19. The van der Waals surface area contributed by atoms with E-state index in [1.807, 2.05) is 0 Å². The number of benzene rings is 2. The first-order chi connectivity index (χ1) is 8.58.